The summed E-state index contributed by atoms with van der Waals surface area (Å²) in [5.41, 5.74) is 0.527. The van der Waals surface area contributed by atoms with Crippen LogP contribution in [0.3, 0.4) is 0 Å². The molecule has 2 atom stereocenters. The van der Waals surface area contributed by atoms with Crippen LogP contribution in [-0.4, -0.2) is 27.7 Å². The Balaban J connectivity index is 1.91. The summed E-state index contributed by atoms with van der Waals surface area (Å²) < 4.78 is 0. The third-order valence-electron chi connectivity index (χ3n) is 4.09. The molecular weight excluding hydrogens is 349 g/mol. The second kappa shape index (κ2) is 5.27. The highest BCUT2D eigenvalue weighted by Gasteiger charge is 2.43. The summed E-state index contributed by atoms with van der Waals surface area (Å²) in [5.74, 6) is 0.0272. The highest BCUT2D eigenvalue weighted by Crippen LogP contribution is 2.40. The average Bonchev–Trinajstić information content (AvgIpc) is 2.64. The molecule has 2 unspecified atom stereocenters. The number of rotatable bonds is 1. The molecular formula is C14H14BrCl2NO. The Bertz CT molecular complexity index is 508. The van der Waals surface area contributed by atoms with Crippen LogP contribution in [-0.2, 0) is 0 Å². The van der Waals surface area contributed by atoms with Gasteiger partial charge >= 0.3 is 0 Å². The molecule has 2 aliphatic heterocycles. The summed E-state index contributed by atoms with van der Waals surface area (Å²) in [7, 11) is 0. The van der Waals surface area contributed by atoms with Gasteiger partial charge in [0.05, 0.1) is 15.6 Å². The molecule has 2 fully saturated rings. The Kier molecular flexibility index (Phi) is 3.80. The number of halogens is 3. The van der Waals surface area contributed by atoms with Crippen molar-refractivity contribution in [3.8, 4) is 0 Å². The number of fused-ring (bicyclic) bond motifs is 2. The van der Waals surface area contributed by atoms with Crippen molar-refractivity contribution < 1.29 is 4.79 Å². The fraction of sp³-hybridized carbons (Fsp3) is 0.500. The number of carbonyl (C=O) groups is 1. The van der Waals surface area contributed by atoms with Crippen LogP contribution in [0.25, 0.3) is 0 Å². The van der Waals surface area contributed by atoms with Gasteiger partial charge in [-0.25, -0.2) is 0 Å². The number of hydrogen-bond acceptors (Lipinski definition) is 1. The summed E-state index contributed by atoms with van der Waals surface area (Å²) in [6.45, 7) is 0. The van der Waals surface area contributed by atoms with E-state index < -0.39 is 0 Å². The van der Waals surface area contributed by atoms with Crippen LogP contribution in [0.1, 0.15) is 36.0 Å². The third kappa shape index (κ3) is 2.41. The Morgan fingerprint density at radius 1 is 1.21 bits per heavy atom. The minimum absolute atomic E-state index is 0.0272. The Labute approximate surface area is 131 Å². The maximum Gasteiger partial charge on any atom is 0.255 e. The highest BCUT2D eigenvalue weighted by atomic mass is 79.9. The first kappa shape index (κ1) is 13.7. The number of alkyl halides is 1. The van der Waals surface area contributed by atoms with Gasteiger partial charge in [-0.3, -0.25) is 4.79 Å². The lowest BCUT2D eigenvalue weighted by molar-refractivity contribution is 0.0603. The smallest absolute Gasteiger partial charge is 0.255 e. The molecule has 2 nitrogen and oxygen atoms in total. The number of carbonyl (C=O) groups excluding carboxylic acids is 1. The first-order valence-corrected chi connectivity index (χ1v) is 8.16. The van der Waals surface area contributed by atoms with E-state index in [0.717, 1.165) is 25.7 Å². The molecule has 0 aliphatic carbocycles. The Morgan fingerprint density at radius 2 is 1.84 bits per heavy atom. The van der Waals surface area contributed by atoms with Gasteiger partial charge in [-0.15, -0.1) is 0 Å². The molecule has 5 heteroatoms. The zero-order chi connectivity index (χ0) is 13.6. The summed E-state index contributed by atoms with van der Waals surface area (Å²) in [6.07, 6.45) is 4.24. The SMILES string of the molecule is O=C(c1cccc(Cl)c1Cl)N1C2CCC1CC(Br)C2. The standard InChI is InChI=1S/C14H14BrCl2NO/c15-8-6-9-4-5-10(7-8)18(9)14(19)11-2-1-3-12(16)13(11)17/h1-3,8-10H,4-7H2. The monoisotopic (exact) mass is 361 g/mol. The van der Waals surface area contributed by atoms with E-state index in [4.69, 9.17) is 23.2 Å². The average molecular weight is 363 g/mol. The molecule has 2 heterocycles. The van der Waals surface area contributed by atoms with Crippen LogP contribution in [0, 0.1) is 0 Å². The van der Waals surface area contributed by atoms with Crippen molar-refractivity contribution in [1.29, 1.82) is 0 Å². The lowest BCUT2D eigenvalue weighted by Gasteiger charge is -2.37. The lowest BCUT2D eigenvalue weighted by atomic mass is 10.0. The van der Waals surface area contributed by atoms with Gasteiger partial charge in [-0.2, -0.15) is 0 Å². The van der Waals surface area contributed by atoms with E-state index in [-0.39, 0.29) is 5.91 Å². The summed E-state index contributed by atoms with van der Waals surface area (Å²) in [6, 6.07) is 5.92. The van der Waals surface area contributed by atoms with Gasteiger partial charge in [0.15, 0.2) is 0 Å². The van der Waals surface area contributed by atoms with E-state index >= 15 is 0 Å². The summed E-state index contributed by atoms with van der Waals surface area (Å²) >= 11 is 15.8. The predicted molar refractivity (Wildman–Crippen MR) is 81.4 cm³/mol. The fourth-order valence-corrected chi connectivity index (χ4v) is 4.49. The zero-order valence-electron chi connectivity index (χ0n) is 10.3. The van der Waals surface area contributed by atoms with Gasteiger partial charge in [0.25, 0.3) is 5.91 Å². The molecule has 2 bridgehead atoms. The van der Waals surface area contributed by atoms with Gasteiger partial charge in [-0.1, -0.05) is 45.2 Å². The Hall–Kier alpha value is -0.250. The highest BCUT2D eigenvalue weighted by molar-refractivity contribution is 9.09. The van der Waals surface area contributed by atoms with Crippen molar-refractivity contribution in [2.24, 2.45) is 0 Å². The van der Waals surface area contributed by atoms with Gasteiger partial charge in [0.2, 0.25) is 0 Å². The molecule has 19 heavy (non-hydrogen) atoms. The number of amides is 1. The molecule has 0 saturated carbocycles. The maximum atomic E-state index is 12.7. The first-order chi connectivity index (χ1) is 9.08. The molecule has 102 valence electrons. The second-order valence-corrected chi connectivity index (χ2v) is 7.35. The van der Waals surface area contributed by atoms with E-state index in [1.165, 1.54) is 0 Å². The largest absolute Gasteiger partial charge is 0.333 e. The molecule has 0 spiro atoms. The number of nitrogens with zero attached hydrogens (tertiary/aromatic N) is 1. The van der Waals surface area contributed by atoms with Gasteiger partial charge in [-0.05, 0) is 37.8 Å². The predicted octanol–water partition coefficient (Wildman–Crippen LogP) is 4.52. The van der Waals surface area contributed by atoms with Crippen molar-refractivity contribution in [2.75, 3.05) is 0 Å². The first-order valence-electron chi connectivity index (χ1n) is 6.48. The number of benzene rings is 1. The van der Waals surface area contributed by atoms with Crippen LogP contribution in [0.15, 0.2) is 18.2 Å². The zero-order valence-corrected chi connectivity index (χ0v) is 13.4. The molecule has 1 aromatic carbocycles. The number of hydrogen-bond donors (Lipinski definition) is 0. The van der Waals surface area contributed by atoms with Gasteiger partial charge in [0, 0.05) is 16.9 Å². The van der Waals surface area contributed by atoms with E-state index in [9.17, 15) is 4.79 Å². The molecule has 3 rings (SSSR count). The van der Waals surface area contributed by atoms with E-state index in [1.807, 2.05) is 4.90 Å². The van der Waals surface area contributed by atoms with Crippen molar-refractivity contribution in [3.05, 3.63) is 33.8 Å². The molecule has 0 radical (unpaired) electrons. The quantitative estimate of drug-likeness (QED) is 0.672. The molecule has 1 amide bonds. The number of piperidine rings is 1. The minimum Gasteiger partial charge on any atom is -0.333 e. The summed E-state index contributed by atoms with van der Waals surface area (Å²) in [4.78, 5) is 15.3. The topological polar surface area (TPSA) is 20.3 Å². The van der Waals surface area contributed by atoms with Crippen molar-refractivity contribution in [2.45, 2.75) is 42.6 Å². The van der Waals surface area contributed by atoms with Crippen LogP contribution >= 0.6 is 39.1 Å². The molecule has 0 aromatic heterocycles. The van der Waals surface area contributed by atoms with Crippen molar-refractivity contribution >= 4 is 45.0 Å². The third-order valence-corrected chi connectivity index (χ3v) is 5.66. The molecule has 2 aliphatic rings. The van der Waals surface area contributed by atoms with E-state index in [1.54, 1.807) is 18.2 Å². The van der Waals surface area contributed by atoms with Gasteiger partial charge < -0.3 is 4.90 Å². The molecule has 2 saturated heterocycles. The fourth-order valence-electron chi connectivity index (χ4n) is 3.25. The van der Waals surface area contributed by atoms with Crippen LogP contribution in [0.5, 0.6) is 0 Å². The normalized spacial score (nSPS) is 29.6. The molecule has 0 N–H and O–H groups in total. The molecule has 1 aromatic rings. The lowest BCUT2D eigenvalue weighted by Crippen LogP contribution is -2.46. The maximum absolute atomic E-state index is 12.7. The Morgan fingerprint density at radius 3 is 2.47 bits per heavy atom. The summed E-state index contributed by atoms with van der Waals surface area (Å²) in [5, 5.41) is 0.810. The van der Waals surface area contributed by atoms with Crippen LogP contribution in [0.2, 0.25) is 10.0 Å². The van der Waals surface area contributed by atoms with Gasteiger partial charge in [0.1, 0.15) is 0 Å². The van der Waals surface area contributed by atoms with Crippen LogP contribution < -0.4 is 0 Å². The van der Waals surface area contributed by atoms with E-state index in [2.05, 4.69) is 15.9 Å². The second-order valence-electron chi connectivity index (χ2n) is 5.27. The van der Waals surface area contributed by atoms with E-state index in [0.29, 0.717) is 32.5 Å². The van der Waals surface area contributed by atoms with Crippen LogP contribution in [0.4, 0.5) is 0 Å². The minimum atomic E-state index is 0.0272. The van der Waals surface area contributed by atoms with Crippen molar-refractivity contribution in [3.63, 3.8) is 0 Å². The van der Waals surface area contributed by atoms with Crippen molar-refractivity contribution in [1.82, 2.24) is 4.90 Å².